The third-order valence-corrected chi connectivity index (χ3v) is 3.68. The van der Waals surface area contributed by atoms with Crippen molar-refractivity contribution in [2.45, 2.75) is 33.1 Å². The first-order valence-corrected chi connectivity index (χ1v) is 6.52. The maximum Gasteiger partial charge on any atom is 0.00218 e. The SMILES string of the molecule is Cc1cccc(CCN2CCC(C)CC2)c1. The lowest BCUT2D eigenvalue weighted by atomic mass is 9.99. The average molecular weight is 217 g/mol. The lowest BCUT2D eigenvalue weighted by molar-refractivity contribution is 0.194. The Morgan fingerprint density at radius 3 is 2.69 bits per heavy atom. The maximum absolute atomic E-state index is 2.61. The van der Waals surface area contributed by atoms with Crippen LogP contribution in [0.3, 0.4) is 0 Å². The summed E-state index contributed by atoms with van der Waals surface area (Å²) in [6.07, 6.45) is 3.97. The van der Waals surface area contributed by atoms with Gasteiger partial charge in [0.2, 0.25) is 0 Å². The quantitative estimate of drug-likeness (QED) is 0.751. The van der Waals surface area contributed by atoms with E-state index in [4.69, 9.17) is 0 Å². The van der Waals surface area contributed by atoms with Crippen LogP contribution in [0.4, 0.5) is 0 Å². The largest absolute Gasteiger partial charge is 0.303 e. The van der Waals surface area contributed by atoms with Crippen LogP contribution < -0.4 is 0 Å². The predicted octanol–water partition coefficient (Wildman–Crippen LogP) is 3.27. The molecule has 0 atom stereocenters. The standard InChI is InChI=1S/C15H23N/c1-13-6-9-16(10-7-13)11-8-15-5-3-4-14(2)12-15/h3-5,12-13H,6-11H2,1-2H3. The zero-order chi connectivity index (χ0) is 11.4. The molecule has 0 aromatic heterocycles. The van der Waals surface area contributed by atoms with Crippen molar-refractivity contribution in [2.24, 2.45) is 5.92 Å². The van der Waals surface area contributed by atoms with Gasteiger partial charge in [-0.3, -0.25) is 0 Å². The molecule has 0 bridgehead atoms. The van der Waals surface area contributed by atoms with Gasteiger partial charge in [0.05, 0.1) is 0 Å². The van der Waals surface area contributed by atoms with Gasteiger partial charge < -0.3 is 4.90 Å². The van der Waals surface area contributed by atoms with Crippen molar-refractivity contribution in [1.29, 1.82) is 0 Å². The van der Waals surface area contributed by atoms with Crippen LogP contribution in [0.25, 0.3) is 0 Å². The fourth-order valence-electron chi connectivity index (χ4n) is 2.44. The Bertz CT molecular complexity index is 324. The smallest absolute Gasteiger partial charge is 0.00218 e. The Kier molecular flexibility index (Phi) is 4.00. The summed E-state index contributed by atoms with van der Waals surface area (Å²) < 4.78 is 0. The van der Waals surface area contributed by atoms with Gasteiger partial charge in [-0.1, -0.05) is 36.8 Å². The first-order chi connectivity index (χ1) is 7.74. The number of aryl methyl sites for hydroxylation is 1. The molecule has 0 amide bonds. The monoisotopic (exact) mass is 217 g/mol. The van der Waals surface area contributed by atoms with Crippen molar-refractivity contribution >= 4 is 0 Å². The van der Waals surface area contributed by atoms with Crippen LogP contribution in [0.2, 0.25) is 0 Å². The lowest BCUT2D eigenvalue weighted by Gasteiger charge is -2.30. The van der Waals surface area contributed by atoms with Crippen LogP contribution in [0.15, 0.2) is 24.3 Å². The molecule has 0 N–H and O–H groups in total. The van der Waals surface area contributed by atoms with Gasteiger partial charge >= 0.3 is 0 Å². The van der Waals surface area contributed by atoms with Crippen LogP contribution in [0.5, 0.6) is 0 Å². The molecule has 1 aromatic carbocycles. The summed E-state index contributed by atoms with van der Waals surface area (Å²) in [5.74, 6) is 0.940. The van der Waals surface area contributed by atoms with E-state index in [2.05, 4.69) is 43.0 Å². The Morgan fingerprint density at radius 2 is 2.00 bits per heavy atom. The predicted molar refractivity (Wildman–Crippen MR) is 69.7 cm³/mol. The molecule has 0 aliphatic carbocycles. The summed E-state index contributed by atoms with van der Waals surface area (Å²) in [5, 5.41) is 0. The molecule has 0 spiro atoms. The molecule has 1 aromatic rings. The molecule has 1 saturated heterocycles. The van der Waals surface area contributed by atoms with Crippen LogP contribution in [0, 0.1) is 12.8 Å². The second-order valence-corrected chi connectivity index (χ2v) is 5.26. The number of hydrogen-bond donors (Lipinski definition) is 0. The van der Waals surface area contributed by atoms with E-state index in [1.165, 1.54) is 50.0 Å². The maximum atomic E-state index is 2.61. The van der Waals surface area contributed by atoms with E-state index >= 15 is 0 Å². The highest BCUT2D eigenvalue weighted by molar-refractivity contribution is 5.22. The second-order valence-electron chi connectivity index (χ2n) is 5.26. The van der Waals surface area contributed by atoms with E-state index in [0.29, 0.717) is 0 Å². The molecule has 16 heavy (non-hydrogen) atoms. The molecular formula is C15H23N. The van der Waals surface area contributed by atoms with Crippen molar-refractivity contribution in [3.8, 4) is 0 Å². The molecule has 1 fully saturated rings. The molecule has 0 unspecified atom stereocenters. The first-order valence-electron chi connectivity index (χ1n) is 6.52. The molecular weight excluding hydrogens is 194 g/mol. The molecule has 1 heteroatoms. The van der Waals surface area contributed by atoms with Crippen molar-refractivity contribution < 1.29 is 0 Å². The summed E-state index contributed by atoms with van der Waals surface area (Å²) in [6, 6.07) is 8.90. The third kappa shape index (κ3) is 3.34. The molecule has 2 rings (SSSR count). The van der Waals surface area contributed by atoms with Crippen LogP contribution in [-0.2, 0) is 6.42 Å². The second kappa shape index (κ2) is 5.49. The molecule has 0 radical (unpaired) electrons. The highest BCUT2D eigenvalue weighted by Gasteiger charge is 2.14. The normalized spacial score (nSPS) is 18.9. The summed E-state index contributed by atoms with van der Waals surface area (Å²) >= 11 is 0. The number of rotatable bonds is 3. The fourth-order valence-corrected chi connectivity index (χ4v) is 2.44. The Labute approximate surface area is 99.5 Å². The van der Waals surface area contributed by atoms with E-state index in [9.17, 15) is 0 Å². The van der Waals surface area contributed by atoms with Crippen molar-refractivity contribution in [3.05, 3.63) is 35.4 Å². The number of hydrogen-bond acceptors (Lipinski definition) is 1. The number of likely N-dealkylation sites (tertiary alicyclic amines) is 1. The van der Waals surface area contributed by atoms with Crippen molar-refractivity contribution in [1.82, 2.24) is 4.90 Å². The average Bonchev–Trinajstić information content (AvgIpc) is 2.28. The third-order valence-electron chi connectivity index (χ3n) is 3.68. The van der Waals surface area contributed by atoms with Crippen molar-refractivity contribution in [2.75, 3.05) is 19.6 Å². The van der Waals surface area contributed by atoms with Crippen molar-refractivity contribution in [3.63, 3.8) is 0 Å². The highest BCUT2D eigenvalue weighted by Crippen LogP contribution is 2.16. The van der Waals surface area contributed by atoms with E-state index in [0.717, 1.165) is 5.92 Å². The van der Waals surface area contributed by atoms with Gasteiger partial charge in [0, 0.05) is 6.54 Å². The minimum absolute atomic E-state index is 0.940. The topological polar surface area (TPSA) is 3.24 Å². The molecule has 1 aliphatic heterocycles. The van der Waals surface area contributed by atoms with E-state index in [-0.39, 0.29) is 0 Å². The van der Waals surface area contributed by atoms with E-state index in [1.807, 2.05) is 0 Å². The van der Waals surface area contributed by atoms with Gasteiger partial charge in [0.25, 0.3) is 0 Å². The minimum Gasteiger partial charge on any atom is -0.303 e. The molecule has 1 nitrogen and oxygen atoms in total. The lowest BCUT2D eigenvalue weighted by Crippen LogP contribution is -2.34. The van der Waals surface area contributed by atoms with Gasteiger partial charge in [-0.25, -0.2) is 0 Å². The minimum atomic E-state index is 0.940. The molecule has 88 valence electrons. The Morgan fingerprint density at radius 1 is 1.25 bits per heavy atom. The van der Waals surface area contributed by atoms with E-state index < -0.39 is 0 Å². The summed E-state index contributed by atoms with van der Waals surface area (Å²) in [5.41, 5.74) is 2.86. The molecule has 0 saturated carbocycles. The zero-order valence-corrected chi connectivity index (χ0v) is 10.6. The molecule has 1 aliphatic rings. The van der Waals surface area contributed by atoms with Crippen LogP contribution >= 0.6 is 0 Å². The Hall–Kier alpha value is -0.820. The van der Waals surface area contributed by atoms with E-state index in [1.54, 1.807) is 0 Å². The van der Waals surface area contributed by atoms with Gasteiger partial charge in [0.15, 0.2) is 0 Å². The van der Waals surface area contributed by atoms with Gasteiger partial charge in [-0.2, -0.15) is 0 Å². The first kappa shape index (κ1) is 11.7. The highest BCUT2D eigenvalue weighted by atomic mass is 15.1. The van der Waals surface area contributed by atoms with Gasteiger partial charge in [0.1, 0.15) is 0 Å². The fraction of sp³-hybridized carbons (Fsp3) is 0.600. The number of nitrogens with zero attached hydrogens (tertiary/aromatic N) is 1. The molecule has 1 heterocycles. The summed E-state index contributed by atoms with van der Waals surface area (Å²) in [4.78, 5) is 2.61. The number of piperidine rings is 1. The summed E-state index contributed by atoms with van der Waals surface area (Å²) in [6.45, 7) is 8.38. The Balaban J connectivity index is 1.79. The van der Waals surface area contributed by atoms with Gasteiger partial charge in [-0.05, 0) is 50.8 Å². The van der Waals surface area contributed by atoms with Crippen LogP contribution in [0.1, 0.15) is 30.9 Å². The van der Waals surface area contributed by atoms with Gasteiger partial charge in [-0.15, -0.1) is 0 Å². The summed E-state index contributed by atoms with van der Waals surface area (Å²) in [7, 11) is 0. The zero-order valence-electron chi connectivity index (χ0n) is 10.6. The number of benzene rings is 1. The van der Waals surface area contributed by atoms with Crippen LogP contribution in [-0.4, -0.2) is 24.5 Å².